The highest BCUT2D eigenvalue weighted by Crippen LogP contribution is 2.55. The summed E-state index contributed by atoms with van der Waals surface area (Å²) in [5.74, 6) is -2.91. The van der Waals surface area contributed by atoms with Crippen LogP contribution in [-0.4, -0.2) is 13.3 Å². The standard InChI is InChI=1S/C78H55F3N6S/c1-77(2)61-18-8-12-22-69(61)86(70-23-13-9-19-62(70)77)56-38-41-67-59(46-56)60-47-57(87-71-24-14-10-20-63(71)78(3,4)64-21-11-15-25-72(64)87)39-42-68(60)85(67)55-34-28-50(29-35-55)58-40-43-73(76-75(58)82-88-83-76)84(53-32-26-49(27-33-53)48-16-6-5-7-17-48)54-36-30-51(31-37-54)74-65(80)44-52(79)45-66(74)81/h5-47H,1-4H3. The molecule has 10 heteroatoms. The fourth-order valence-corrected chi connectivity index (χ4v) is 14.5. The molecule has 14 aromatic rings. The molecule has 88 heavy (non-hydrogen) atoms. The number of hydrogen-bond acceptors (Lipinski definition) is 6. The summed E-state index contributed by atoms with van der Waals surface area (Å²) >= 11 is 1.15. The fraction of sp³-hybridized carbons (Fsp3) is 0.0769. The van der Waals surface area contributed by atoms with Gasteiger partial charge in [0.1, 0.15) is 28.5 Å². The van der Waals surface area contributed by atoms with Gasteiger partial charge < -0.3 is 19.3 Å². The molecule has 0 saturated carbocycles. The summed E-state index contributed by atoms with van der Waals surface area (Å²) in [4.78, 5) is 6.96. The Morgan fingerprint density at radius 2 is 0.784 bits per heavy atom. The van der Waals surface area contributed by atoms with Crippen LogP contribution in [0.15, 0.2) is 261 Å². The third kappa shape index (κ3) is 8.30. The van der Waals surface area contributed by atoms with E-state index in [1.807, 2.05) is 30.3 Å². The lowest BCUT2D eigenvalue weighted by Crippen LogP contribution is -2.30. The van der Waals surface area contributed by atoms with Gasteiger partial charge in [0.2, 0.25) is 0 Å². The third-order valence-corrected chi connectivity index (χ3v) is 18.8. The van der Waals surface area contributed by atoms with E-state index in [4.69, 9.17) is 8.75 Å². The van der Waals surface area contributed by atoms with Crippen LogP contribution in [0.2, 0.25) is 0 Å². The van der Waals surface area contributed by atoms with Crippen molar-refractivity contribution in [3.63, 3.8) is 0 Å². The molecule has 0 unspecified atom stereocenters. The maximum absolute atomic E-state index is 15.1. The van der Waals surface area contributed by atoms with Crippen LogP contribution in [0.25, 0.3) is 71.9 Å². The van der Waals surface area contributed by atoms with Crippen molar-refractivity contribution in [1.82, 2.24) is 13.3 Å². The summed E-state index contributed by atoms with van der Waals surface area (Å²) in [6.07, 6.45) is 0. The normalized spacial score (nSPS) is 13.8. The van der Waals surface area contributed by atoms with E-state index in [2.05, 4.69) is 253 Å². The van der Waals surface area contributed by atoms with Gasteiger partial charge in [-0.3, -0.25) is 0 Å². The van der Waals surface area contributed by atoms with E-state index in [9.17, 15) is 4.39 Å². The first-order valence-corrected chi connectivity index (χ1v) is 30.3. The third-order valence-electron chi connectivity index (χ3n) is 18.2. The number of fused-ring (bicyclic) bond motifs is 8. The summed E-state index contributed by atoms with van der Waals surface area (Å²) in [5, 5.41) is 2.26. The van der Waals surface area contributed by atoms with Crippen molar-refractivity contribution in [1.29, 1.82) is 0 Å². The molecule has 12 aromatic carbocycles. The van der Waals surface area contributed by atoms with Crippen molar-refractivity contribution in [3.8, 4) is 39.1 Å². The fourth-order valence-electron chi connectivity index (χ4n) is 14.0. The Hall–Kier alpha value is -10.6. The van der Waals surface area contributed by atoms with Crippen molar-refractivity contribution >= 4 is 95.8 Å². The lowest BCUT2D eigenvalue weighted by atomic mass is 9.73. The van der Waals surface area contributed by atoms with E-state index in [0.29, 0.717) is 17.6 Å². The van der Waals surface area contributed by atoms with Gasteiger partial charge in [-0.15, -0.1) is 0 Å². The molecular formula is C78H55F3N6S. The summed E-state index contributed by atoms with van der Waals surface area (Å²) in [5.41, 5.74) is 22.5. The number of benzene rings is 12. The van der Waals surface area contributed by atoms with Gasteiger partial charge in [0.25, 0.3) is 0 Å². The van der Waals surface area contributed by atoms with E-state index in [1.165, 1.54) is 45.0 Å². The van der Waals surface area contributed by atoms with Crippen LogP contribution in [0, 0.1) is 17.5 Å². The molecule has 0 fully saturated rings. The van der Waals surface area contributed by atoms with Crippen LogP contribution in [0.3, 0.4) is 0 Å². The van der Waals surface area contributed by atoms with E-state index < -0.39 is 17.5 Å². The smallest absolute Gasteiger partial charge is 0.136 e. The van der Waals surface area contributed by atoms with E-state index in [1.54, 1.807) is 12.1 Å². The Labute approximate surface area is 512 Å². The van der Waals surface area contributed by atoms with Gasteiger partial charge >= 0.3 is 0 Å². The zero-order valence-corrected chi connectivity index (χ0v) is 49.4. The highest BCUT2D eigenvalue weighted by molar-refractivity contribution is 7.00. The number of hydrogen-bond donors (Lipinski definition) is 0. The van der Waals surface area contributed by atoms with E-state index in [-0.39, 0.29) is 22.0 Å². The van der Waals surface area contributed by atoms with Crippen molar-refractivity contribution in [2.45, 2.75) is 38.5 Å². The zero-order valence-electron chi connectivity index (χ0n) is 48.6. The summed E-state index contributed by atoms with van der Waals surface area (Å²) < 4.78 is 56.5. The molecule has 0 saturated heterocycles. The minimum Gasteiger partial charge on any atom is -0.310 e. The predicted molar refractivity (Wildman–Crippen MR) is 356 cm³/mol. The molecule has 0 aliphatic carbocycles. The second-order valence-corrected chi connectivity index (χ2v) is 24.4. The second-order valence-electron chi connectivity index (χ2n) is 23.9. The molecule has 0 N–H and O–H groups in total. The average Bonchev–Trinajstić information content (AvgIpc) is 1.31. The van der Waals surface area contributed by atoms with Gasteiger partial charge in [0.15, 0.2) is 0 Å². The molecule has 0 spiro atoms. The minimum absolute atomic E-state index is 0.199. The average molecular weight is 1170 g/mol. The predicted octanol–water partition coefficient (Wildman–Crippen LogP) is 21.9. The molecule has 0 radical (unpaired) electrons. The Kier molecular flexibility index (Phi) is 12.2. The minimum atomic E-state index is -0.972. The van der Waals surface area contributed by atoms with Crippen LogP contribution >= 0.6 is 11.7 Å². The Morgan fingerprint density at radius 3 is 1.27 bits per heavy atom. The van der Waals surface area contributed by atoms with Gasteiger partial charge in [0.05, 0.1) is 56.8 Å². The van der Waals surface area contributed by atoms with Crippen LogP contribution in [0.1, 0.15) is 49.9 Å². The number of para-hydroxylation sites is 4. The second kappa shape index (κ2) is 20.3. The van der Waals surface area contributed by atoms with Crippen LogP contribution < -0.4 is 14.7 Å². The highest BCUT2D eigenvalue weighted by atomic mass is 32.1. The number of rotatable bonds is 9. The molecule has 2 aliphatic rings. The van der Waals surface area contributed by atoms with Gasteiger partial charge in [-0.05, 0) is 154 Å². The molecular weight excluding hydrogens is 1110 g/mol. The summed E-state index contributed by atoms with van der Waals surface area (Å²) in [7, 11) is 0. The van der Waals surface area contributed by atoms with Crippen molar-refractivity contribution in [2.75, 3.05) is 14.7 Å². The molecule has 0 bridgehead atoms. The first-order chi connectivity index (χ1) is 42.9. The first-order valence-electron chi connectivity index (χ1n) is 29.5. The first kappa shape index (κ1) is 53.0. The number of anilines is 9. The van der Waals surface area contributed by atoms with Gasteiger partial charge in [-0.1, -0.05) is 167 Å². The molecule has 4 heterocycles. The molecule has 424 valence electrons. The SMILES string of the molecule is CC1(C)c2ccccc2N(c2ccc3c(c2)c2cc(N4c5ccccc5C(C)(C)c5ccccc54)ccc2n3-c2ccc(-c3ccc(N(c4ccc(-c5ccccc5)cc4)c4ccc(-c5c(F)cc(F)cc5F)cc4)c4nsnc34)cc2)c2ccccc21. The quantitative estimate of drug-likeness (QED) is 0.144. The maximum Gasteiger partial charge on any atom is 0.136 e. The van der Waals surface area contributed by atoms with E-state index in [0.717, 1.165) is 95.4 Å². The van der Waals surface area contributed by atoms with Crippen LogP contribution in [-0.2, 0) is 10.8 Å². The highest BCUT2D eigenvalue weighted by Gasteiger charge is 2.38. The summed E-state index contributed by atoms with van der Waals surface area (Å²) in [6, 6.07) is 88.8. The van der Waals surface area contributed by atoms with Gasteiger partial charge in [0, 0.05) is 67.7 Å². The lowest BCUT2D eigenvalue weighted by Gasteiger charge is -2.42. The van der Waals surface area contributed by atoms with Gasteiger partial charge in [-0.25, -0.2) is 13.2 Å². The number of aromatic nitrogens is 3. The van der Waals surface area contributed by atoms with Crippen LogP contribution in [0.5, 0.6) is 0 Å². The molecule has 0 amide bonds. The topological polar surface area (TPSA) is 40.4 Å². The molecule has 16 rings (SSSR count). The van der Waals surface area contributed by atoms with Gasteiger partial charge in [-0.2, -0.15) is 8.75 Å². The number of halogens is 3. The monoisotopic (exact) mass is 1160 g/mol. The lowest BCUT2D eigenvalue weighted by molar-refractivity contribution is 0.548. The van der Waals surface area contributed by atoms with E-state index >= 15 is 8.78 Å². The van der Waals surface area contributed by atoms with Crippen molar-refractivity contribution in [3.05, 3.63) is 301 Å². The molecule has 2 aliphatic heterocycles. The summed E-state index contributed by atoms with van der Waals surface area (Å²) in [6.45, 7) is 9.31. The Bertz CT molecular complexity index is 4800. The largest absolute Gasteiger partial charge is 0.310 e. The molecule has 2 aromatic heterocycles. The number of nitrogens with zero attached hydrogens (tertiary/aromatic N) is 6. The maximum atomic E-state index is 15.1. The zero-order chi connectivity index (χ0) is 59.6. The Morgan fingerprint density at radius 1 is 0.375 bits per heavy atom. The van der Waals surface area contributed by atoms with Crippen molar-refractivity contribution < 1.29 is 13.2 Å². The van der Waals surface area contributed by atoms with Crippen LogP contribution in [0.4, 0.5) is 64.4 Å². The Balaban J connectivity index is 0.824. The van der Waals surface area contributed by atoms with Crippen molar-refractivity contribution in [2.24, 2.45) is 0 Å². The molecule has 0 atom stereocenters. The molecule has 6 nitrogen and oxygen atoms in total.